The minimum absolute atomic E-state index is 0.270. The Morgan fingerprint density at radius 3 is 2.50 bits per heavy atom. The average Bonchev–Trinajstić information content (AvgIpc) is 2.49. The third kappa shape index (κ3) is 3.79. The largest absolute Gasteiger partial charge is 0.301 e. The van der Waals surface area contributed by atoms with Crippen LogP contribution in [-0.4, -0.2) is 48.4 Å². The topological polar surface area (TPSA) is 61.6 Å². The molecule has 2 rings (SSSR count). The first-order chi connectivity index (χ1) is 9.63. The molecule has 0 saturated carbocycles. The lowest BCUT2D eigenvalue weighted by molar-refractivity contribution is 0.0953. The standard InChI is InChI=1S/C14H21BrN4O/c1-2-18-5-7-19(8-6-18)10-12-4-3-11(9-13(12)15)14(20)17-16/h3-4,9H,2,5-8,10,16H2,1H3,(H,17,20). The van der Waals surface area contributed by atoms with Gasteiger partial charge in [-0.05, 0) is 24.2 Å². The summed E-state index contributed by atoms with van der Waals surface area (Å²) in [6, 6.07) is 5.62. The van der Waals surface area contributed by atoms with Gasteiger partial charge in [-0.25, -0.2) is 5.84 Å². The molecule has 1 saturated heterocycles. The van der Waals surface area contributed by atoms with Crippen molar-refractivity contribution in [1.29, 1.82) is 0 Å². The van der Waals surface area contributed by atoms with Gasteiger partial charge in [0.05, 0.1) is 0 Å². The smallest absolute Gasteiger partial charge is 0.265 e. The van der Waals surface area contributed by atoms with Gasteiger partial charge >= 0.3 is 0 Å². The van der Waals surface area contributed by atoms with Crippen molar-refractivity contribution in [3.63, 3.8) is 0 Å². The maximum absolute atomic E-state index is 11.5. The fourth-order valence-corrected chi connectivity index (χ4v) is 2.91. The van der Waals surface area contributed by atoms with Crippen molar-refractivity contribution in [2.24, 2.45) is 5.84 Å². The van der Waals surface area contributed by atoms with E-state index in [9.17, 15) is 4.79 Å². The fraction of sp³-hybridized carbons (Fsp3) is 0.500. The minimum atomic E-state index is -0.270. The van der Waals surface area contributed by atoms with Crippen LogP contribution < -0.4 is 11.3 Å². The molecule has 1 aromatic carbocycles. The monoisotopic (exact) mass is 340 g/mol. The highest BCUT2D eigenvalue weighted by Gasteiger charge is 2.16. The molecule has 1 amide bonds. The molecule has 1 aromatic rings. The highest BCUT2D eigenvalue weighted by atomic mass is 79.9. The summed E-state index contributed by atoms with van der Waals surface area (Å²) >= 11 is 3.54. The zero-order valence-corrected chi connectivity index (χ0v) is 13.3. The van der Waals surface area contributed by atoms with Crippen molar-refractivity contribution in [3.05, 3.63) is 33.8 Å². The number of nitrogens with zero attached hydrogens (tertiary/aromatic N) is 2. The molecule has 1 aliphatic heterocycles. The summed E-state index contributed by atoms with van der Waals surface area (Å²) in [4.78, 5) is 16.4. The number of nitrogens with two attached hydrogens (primary N) is 1. The Balaban J connectivity index is 1.98. The Hall–Kier alpha value is -0.950. The average molecular weight is 341 g/mol. The van der Waals surface area contributed by atoms with E-state index < -0.39 is 0 Å². The van der Waals surface area contributed by atoms with E-state index in [1.54, 1.807) is 0 Å². The van der Waals surface area contributed by atoms with Crippen molar-refractivity contribution >= 4 is 21.8 Å². The molecule has 0 radical (unpaired) electrons. The highest BCUT2D eigenvalue weighted by molar-refractivity contribution is 9.10. The maximum atomic E-state index is 11.5. The van der Waals surface area contributed by atoms with E-state index >= 15 is 0 Å². The lowest BCUT2D eigenvalue weighted by Crippen LogP contribution is -2.45. The van der Waals surface area contributed by atoms with Gasteiger partial charge in [0.15, 0.2) is 0 Å². The molecular formula is C14H21BrN4O. The van der Waals surface area contributed by atoms with E-state index in [1.807, 2.05) is 18.2 Å². The zero-order chi connectivity index (χ0) is 14.5. The van der Waals surface area contributed by atoms with E-state index in [0.29, 0.717) is 5.56 Å². The third-order valence-corrected chi connectivity index (χ3v) is 4.49. The molecule has 3 N–H and O–H groups in total. The van der Waals surface area contributed by atoms with Gasteiger partial charge in [0.2, 0.25) is 0 Å². The fourth-order valence-electron chi connectivity index (χ4n) is 2.40. The second-order valence-corrected chi connectivity index (χ2v) is 5.84. The summed E-state index contributed by atoms with van der Waals surface area (Å²) < 4.78 is 0.955. The predicted molar refractivity (Wildman–Crippen MR) is 83.2 cm³/mol. The van der Waals surface area contributed by atoms with Crippen LogP contribution >= 0.6 is 15.9 Å². The van der Waals surface area contributed by atoms with Gasteiger partial charge in [-0.3, -0.25) is 15.1 Å². The van der Waals surface area contributed by atoms with E-state index in [4.69, 9.17) is 5.84 Å². The number of nitrogens with one attached hydrogen (secondary N) is 1. The van der Waals surface area contributed by atoms with Crippen molar-refractivity contribution in [2.45, 2.75) is 13.5 Å². The van der Waals surface area contributed by atoms with Crippen molar-refractivity contribution in [1.82, 2.24) is 15.2 Å². The number of amides is 1. The van der Waals surface area contributed by atoms with Crippen LogP contribution in [0.25, 0.3) is 0 Å². The molecule has 0 unspecified atom stereocenters. The Morgan fingerprint density at radius 2 is 1.95 bits per heavy atom. The quantitative estimate of drug-likeness (QED) is 0.491. The Labute approximate surface area is 128 Å². The second-order valence-electron chi connectivity index (χ2n) is 4.99. The van der Waals surface area contributed by atoms with Gasteiger partial charge in [0, 0.05) is 42.8 Å². The van der Waals surface area contributed by atoms with Gasteiger partial charge in [0.25, 0.3) is 5.91 Å². The van der Waals surface area contributed by atoms with E-state index in [-0.39, 0.29) is 5.91 Å². The van der Waals surface area contributed by atoms with Crippen LogP contribution in [0.3, 0.4) is 0 Å². The number of hydrogen-bond donors (Lipinski definition) is 2. The van der Waals surface area contributed by atoms with Crippen LogP contribution in [0, 0.1) is 0 Å². The summed E-state index contributed by atoms with van der Waals surface area (Å²) in [5.41, 5.74) is 3.91. The molecule has 1 aliphatic rings. The molecule has 0 atom stereocenters. The Bertz CT molecular complexity index is 472. The number of piperazine rings is 1. The van der Waals surface area contributed by atoms with Crippen molar-refractivity contribution in [3.8, 4) is 0 Å². The minimum Gasteiger partial charge on any atom is -0.301 e. The van der Waals surface area contributed by atoms with Crippen LogP contribution in [0.4, 0.5) is 0 Å². The van der Waals surface area contributed by atoms with Gasteiger partial charge in [-0.2, -0.15) is 0 Å². The van der Waals surface area contributed by atoms with Gasteiger partial charge in [0.1, 0.15) is 0 Å². The molecule has 0 aromatic heterocycles. The number of carbonyl (C=O) groups is 1. The number of hydrogen-bond acceptors (Lipinski definition) is 4. The number of halogens is 1. The Morgan fingerprint density at radius 1 is 1.30 bits per heavy atom. The summed E-state index contributed by atoms with van der Waals surface area (Å²) in [5.74, 6) is 4.87. The number of hydrazine groups is 1. The number of nitrogen functional groups attached to an aromatic ring is 1. The number of rotatable bonds is 4. The van der Waals surface area contributed by atoms with Crippen molar-refractivity contribution in [2.75, 3.05) is 32.7 Å². The van der Waals surface area contributed by atoms with Crippen LogP contribution in [0.5, 0.6) is 0 Å². The molecule has 20 heavy (non-hydrogen) atoms. The second kappa shape index (κ2) is 7.17. The molecule has 5 nitrogen and oxygen atoms in total. The molecule has 1 heterocycles. The molecule has 0 bridgehead atoms. The normalized spacial score (nSPS) is 17.1. The van der Waals surface area contributed by atoms with Crippen LogP contribution in [0.15, 0.2) is 22.7 Å². The zero-order valence-electron chi connectivity index (χ0n) is 11.7. The molecule has 1 fully saturated rings. The van der Waals surface area contributed by atoms with E-state index in [0.717, 1.165) is 43.7 Å². The molecule has 0 aliphatic carbocycles. The molecule has 110 valence electrons. The van der Waals surface area contributed by atoms with Gasteiger partial charge in [-0.1, -0.05) is 28.9 Å². The van der Waals surface area contributed by atoms with E-state index in [1.165, 1.54) is 5.56 Å². The predicted octanol–water partition coefficient (Wildman–Crippen LogP) is 1.19. The third-order valence-electron chi connectivity index (χ3n) is 3.75. The SMILES string of the molecule is CCN1CCN(Cc2ccc(C(=O)NN)cc2Br)CC1. The lowest BCUT2D eigenvalue weighted by Gasteiger charge is -2.34. The first-order valence-electron chi connectivity index (χ1n) is 6.88. The summed E-state index contributed by atoms with van der Waals surface area (Å²) in [6.45, 7) is 8.66. The lowest BCUT2D eigenvalue weighted by atomic mass is 10.1. The van der Waals surface area contributed by atoms with E-state index in [2.05, 4.69) is 38.1 Å². The van der Waals surface area contributed by atoms with Crippen LogP contribution in [0.2, 0.25) is 0 Å². The first kappa shape index (κ1) is 15.4. The maximum Gasteiger partial charge on any atom is 0.265 e. The van der Waals surface area contributed by atoms with Crippen LogP contribution in [-0.2, 0) is 6.54 Å². The van der Waals surface area contributed by atoms with Gasteiger partial charge in [-0.15, -0.1) is 0 Å². The molecular weight excluding hydrogens is 320 g/mol. The number of benzene rings is 1. The molecule has 0 spiro atoms. The van der Waals surface area contributed by atoms with Crippen LogP contribution in [0.1, 0.15) is 22.8 Å². The number of carbonyl (C=O) groups excluding carboxylic acids is 1. The molecule has 6 heteroatoms. The van der Waals surface area contributed by atoms with Crippen molar-refractivity contribution < 1.29 is 4.79 Å². The summed E-state index contributed by atoms with van der Waals surface area (Å²) in [5, 5.41) is 0. The first-order valence-corrected chi connectivity index (χ1v) is 7.67. The summed E-state index contributed by atoms with van der Waals surface area (Å²) in [6.07, 6.45) is 0. The Kier molecular flexibility index (Phi) is 5.54. The summed E-state index contributed by atoms with van der Waals surface area (Å²) in [7, 11) is 0. The highest BCUT2D eigenvalue weighted by Crippen LogP contribution is 2.21. The van der Waals surface area contributed by atoms with Gasteiger partial charge < -0.3 is 4.90 Å². The number of likely N-dealkylation sites (N-methyl/N-ethyl adjacent to an activating group) is 1.